The Morgan fingerprint density at radius 1 is 1.61 bits per heavy atom. The van der Waals surface area contributed by atoms with E-state index in [0.717, 1.165) is 16.4 Å². The average molecular weight is 266 g/mol. The third-order valence-corrected chi connectivity index (χ3v) is 3.03. The molecular formula is C11H14N4O2S. The van der Waals surface area contributed by atoms with E-state index < -0.39 is 0 Å². The zero-order valence-corrected chi connectivity index (χ0v) is 10.8. The Morgan fingerprint density at radius 3 is 3.22 bits per heavy atom. The van der Waals surface area contributed by atoms with Crippen molar-refractivity contribution in [3.05, 3.63) is 29.0 Å². The van der Waals surface area contributed by atoms with Crippen LogP contribution in [-0.2, 0) is 22.5 Å². The maximum absolute atomic E-state index is 11.3. The number of nitrogens with zero attached hydrogens (tertiary/aromatic N) is 2. The predicted molar refractivity (Wildman–Crippen MR) is 68.4 cm³/mol. The summed E-state index contributed by atoms with van der Waals surface area (Å²) in [5.74, 6) is -0.246. The van der Waals surface area contributed by atoms with Crippen molar-refractivity contribution < 1.29 is 9.53 Å². The van der Waals surface area contributed by atoms with E-state index in [1.165, 1.54) is 11.3 Å². The maximum atomic E-state index is 11.3. The molecule has 2 rings (SSSR count). The number of carbonyl (C=O) groups excluding carboxylic acids is 1. The van der Waals surface area contributed by atoms with Crippen LogP contribution in [0.5, 0.6) is 0 Å². The SMILES string of the molecule is CCOC(=O)Cc1csc(NCc2cn[nH]c2)n1. The zero-order valence-electron chi connectivity index (χ0n) is 9.97. The maximum Gasteiger partial charge on any atom is 0.311 e. The monoisotopic (exact) mass is 266 g/mol. The molecule has 0 aliphatic rings. The summed E-state index contributed by atoms with van der Waals surface area (Å²) < 4.78 is 4.87. The molecule has 0 aliphatic carbocycles. The van der Waals surface area contributed by atoms with Crippen LogP contribution in [0.2, 0.25) is 0 Å². The molecule has 2 aromatic heterocycles. The molecule has 0 aliphatic heterocycles. The highest BCUT2D eigenvalue weighted by molar-refractivity contribution is 7.13. The lowest BCUT2D eigenvalue weighted by Crippen LogP contribution is -2.07. The summed E-state index contributed by atoms with van der Waals surface area (Å²) in [4.78, 5) is 15.6. The second-order valence-electron chi connectivity index (χ2n) is 3.59. The first-order valence-electron chi connectivity index (χ1n) is 5.59. The van der Waals surface area contributed by atoms with Crippen molar-refractivity contribution in [1.29, 1.82) is 0 Å². The Kier molecular flexibility index (Phi) is 4.30. The summed E-state index contributed by atoms with van der Waals surface area (Å²) in [6.07, 6.45) is 3.79. The molecule has 0 fully saturated rings. The molecule has 0 unspecified atom stereocenters. The molecule has 2 aromatic rings. The van der Waals surface area contributed by atoms with Gasteiger partial charge in [0.15, 0.2) is 5.13 Å². The molecule has 6 nitrogen and oxygen atoms in total. The molecule has 0 saturated carbocycles. The standard InChI is InChI=1S/C11H14N4O2S/c1-2-17-10(16)3-9-7-18-11(15-9)12-4-8-5-13-14-6-8/h5-7H,2-4H2,1H3,(H,12,15)(H,13,14). The zero-order chi connectivity index (χ0) is 12.8. The number of thiazole rings is 1. The minimum absolute atomic E-state index is 0.220. The van der Waals surface area contributed by atoms with Gasteiger partial charge in [-0.05, 0) is 6.92 Å². The summed E-state index contributed by atoms with van der Waals surface area (Å²) in [5.41, 5.74) is 1.78. The number of nitrogens with one attached hydrogen (secondary N) is 2. The highest BCUT2D eigenvalue weighted by Crippen LogP contribution is 2.16. The number of hydrogen-bond acceptors (Lipinski definition) is 6. The van der Waals surface area contributed by atoms with E-state index >= 15 is 0 Å². The van der Waals surface area contributed by atoms with Gasteiger partial charge in [-0.15, -0.1) is 11.3 Å². The minimum atomic E-state index is -0.246. The second kappa shape index (κ2) is 6.15. The second-order valence-corrected chi connectivity index (χ2v) is 4.44. The van der Waals surface area contributed by atoms with Crippen molar-refractivity contribution in [2.45, 2.75) is 19.9 Å². The number of aromatic amines is 1. The van der Waals surface area contributed by atoms with Gasteiger partial charge >= 0.3 is 5.97 Å². The lowest BCUT2D eigenvalue weighted by atomic mass is 10.3. The Hall–Kier alpha value is -1.89. The quantitative estimate of drug-likeness (QED) is 0.776. The van der Waals surface area contributed by atoms with E-state index in [1.807, 2.05) is 11.6 Å². The molecule has 0 atom stereocenters. The average Bonchev–Trinajstić information content (AvgIpc) is 2.97. The fraction of sp³-hybridized carbons (Fsp3) is 0.364. The van der Waals surface area contributed by atoms with E-state index in [1.54, 1.807) is 13.1 Å². The van der Waals surface area contributed by atoms with Crippen molar-refractivity contribution >= 4 is 22.4 Å². The summed E-state index contributed by atoms with van der Waals surface area (Å²) >= 11 is 1.47. The van der Waals surface area contributed by atoms with E-state index in [2.05, 4.69) is 20.5 Å². The molecule has 7 heteroatoms. The van der Waals surface area contributed by atoms with Gasteiger partial charge in [-0.25, -0.2) is 4.98 Å². The van der Waals surface area contributed by atoms with Gasteiger partial charge in [-0.2, -0.15) is 5.10 Å². The molecule has 2 heterocycles. The first-order chi connectivity index (χ1) is 8.78. The third kappa shape index (κ3) is 3.56. The lowest BCUT2D eigenvalue weighted by molar-refractivity contribution is -0.142. The number of esters is 1. The molecule has 0 aromatic carbocycles. The first kappa shape index (κ1) is 12.6. The molecule has 0 spiro atoms. The van der Waals surface area contributed by atoms with E-state index in [4.69, 9.17) is 4.74 Å². The third-order valence-electron chi connectivity index (χ3n) is 2.18. The number of hydrogen-bond donors (Lipinski definition) is 2. The van der Waals surface area contributed by atoms with Crippen LogP contribution in [0.3, 0.4) is 0 Å². The molecule has 0 radical (unpaired) electrons. The summed E-state index contributed by atoms with van der Waals surface area (Å²) in [7, 11) is 0. The Morgan fingerprint density at radius 2 is 2.50 bits per heavy atom. The Labute approximate surface area is 108 Å². The fourth-order valence-electron chi connectivity index (χ4n) is 1.38. The van der Waals surface area contributed by atoms with Crippen LogP contribution in [0.4, 0.5) is 5.13 Å². The van der Waals surface area contributed by atoms with Gasteiger partial charge in [0.1, 0.15) is 0 Å². The Bertz CT molecular complexity index is 495. The van der Waals surface area contributed by atoms with Gasteiger partial charge in [0.05, 0.1) is 24.9 Å². The van der Waals surface area contributed by atoms with Gasteiger partial charge in [0, 0.05) is 23.7 Å². The topological polar surface area (TPSA) is 79.9 Å². The number of anilines is 1. The summed E-state index contributed by atoms with van der Waals surface area (Å²) in [5, 5.41) is 12.4. The summed E-state index contributed by atoms with van der Waals surface area (Å²) in [6, 6.07) is 0. The highest BCUT2D eigenvalue weighted by atomic mass is 32.1. The number of ether oxygens (including phenoxy) is 1. The van der Waals surface area contributed by atoms with Crippen LogP contribution in [0.15, 0.2) is 17.8 Å². The first-order valence-corrected chi connectivity index (χ1v) is 6.47. The lowest BCUT2D eigenvalue weighted by Gasteiger charge is -1.99. The molecule has 2 N–H and O–H groups in total. The van der Waals surface area contributed by atoms with Crippen LogP contribution >= 0.6 is 11.3 Å². The van der Waals surface area contributed by atoms with Crippen LogP contribution in [0.1, 0.15) is 18.2 Å². The van der Waals surface area contributed by atoms with Crippen molar-refractivity contribution in [2.24, 2.45) is 0 Å². The minimum Gasteiger partial charge on any atom is -0.466 e. The van der Waals surface area contributed by atoms with Gasteiger partial charge < -0.3 is 10.1 Å². The van der Waals surface area contributed by atoms with Gasteiger partial charge in [0.2, 0.25) is 0 Å². The molecule has 0 saturated heterocycles. The molecule has 96 valence electrons. The van der Waals surface area contributed by atoms with Crippen LogP contribution in [0, 0.1) is 0 Å². The predicted octanol–water partition coefficient (Wildman–Crippen LogP) is 1.58. The molecule has 0 bridgehead atoms. The van der Waals surface area contributed by atoms with Crippen LogP contribution in [-0.4, -0.2) is 27.8 Å². The molecule has 0 amide bonds. The van der Waals surface area contributed by atoms with Gasteiger partial charge in [-0.1, -0.05) is 0 Å². The Balaban J connectivity index is 1.84. The van der Waals surface area contributed by atoms with Crippen molar-refractivity contribution in [3.8, 4) is 0 Å². The smallest absolute Gasteiger partial charge is 0.311 e. The van der Waals surface area contributed by atoms with Crippen molar-refractivity contribution in [2.75, 3.05) is 11.9 Å². The normalized spacial score (nSPS) is 10.3. The summed E-state index contributed by atoms with van der Waals surface area (Å²) in [6.45, 7) is 2.84. The van der Waals surface area contributed by atoms with Gasteiger partial charge in [0.25, 0.3) is 0 Å². The number of aromatic nitrogens is 3. The van der Waals surface area contributed by atoms with E-state index in [-0.39, 0.29) is 12.4 Å². The number of H-pyrrole nitrogens is 1. The van der Waals surface area contributed by atoms with Crippen LogP contribution < -0.4 is 5.32 Å². The van der Waals surface area contributed by atoms with Crippen molar-refractivity contribution in [1.82, 2.24) is 15.2 Å². The number of rotatable bonds is 6. The van der Waals surface area contributed by atoms with Crippen molar-refractivity contribution in [3.63, 3.8) is 0 Å². The number of carbonyl (C=O) groups is 1. The van der Waals surface area contributed by atoms with E-state index in [9.17, 15) is 4.79 Å². The highest BCUT2D eigenvalue weighted by Gasteiger charge is 2.08. The van der Waals surface area contributed by atoms with E-state index in [0.29, 0.717) is 13.2 Å². The molecular weight excluding hydrogens is 252 g/mol. The largest absolute Gasteiger partial charge is 0.466 e. The van der Waals surface area contributed by atoms with Crippen LogP contribution in [0.25, 0.3) is 0 Å². The molecule has 18 heavy (non-hydrogen) atoms. The fourth-order valence-corrected chi connectivity index (χ4v) is 2.09. The van der Waals surface area contributed by atoms with Gasteiger partial charge in [-0.3, -0.25) is 9.89 Å².